The number of carbonyl (C=O) groups excluding carboxylic acids is 2. The second-order valence-electron chi connectivity index (χ2n) is 7.32. The summed E-state index contributed by atoms with van der Waals surface area (Å²) in [5.41, 5.74) is 2.59. The van der Waals surface area contributed by atoms with Crippen molar-refractivity contribution < 1.29 is 19.4 Å². The number of rotatable bonds is 4. The molecular weight excluding hydrogens is 358 g/mol. The second-order valence-corrected chi connectivity index (χ2v) is 7.32. The van der Waals surface area contributed by atoms with E-state index in [1.807, 2.05) is 20.8 Å². The van der Waals surface area contributed by atoms with Crippen molar-refractivity contribution in [2.45, 2.75) is 39.8 Å². The highest BCUT2D eigenvalue weighted by Crippen LogP contribution is 2.39. The summed E-state index contributed by atoms with van der Waals surface area (Å²) < 4.78 is 7.30. The molecule has 1 aromatic heterocycles. The van der Waals surface area contributed by atoms with Crippen LogP contribution in [0.25, 0.3) is 5.76 Å². The number of aliphatic hydroxyl groups is 1. The third kappa shape index (κ3) is 3.17. The van der Waals surface area contributed by atoms with Crippen molar-refractivity contribution in [2.75, 3.05) is 7.05 Å². The van der Waals surface area contributed by atoms with Crippen LogP contribution in [0.3, 0.4) is 0 Å². The molecular formula is C21H25N3O4. The zero-order valence-electron chi connectivity index (χ0n) is 17.0. The number of aromatic nitrogens is 2. The van der Waals surface area contributed by atoms with Crippen LogP contribution in [0.2, 0.25) is 0 Å². The molecule has 0 spiro atoms. The number of benzene rings is 1. The van der Waals surface area contributed by atoms with Crippen LogP contribution in [-0.2, 0) is 16.6 Å². The van der Waals surface area contributed by atoms with E-state index in [0.29, 0.717) is 17.0 Å². The van der Waals surface area contributed by atoms with E-state index in [1.165, 1.54) is 4.90 Å². The zero-order valence-corrected chi connectivity index (χ0v) is 17.0. The molecule has 0 aliphatic carbocycles. The normalized spacial score (nSPS) is 19.0. The van der Waals surface area contributed by atoms with E-state index in [9.17, 15) is 14.7 Å². The molecule has 1 aliphatic heterocycles. The number of carbonyl (C=O) groups is 2. The predicted octanol–water partition coefficient (Wildman–Crippen LogP) is 2.88. The standard InChI is InChI=1S/C21H25N3O4/c1-11(2)28-15-9-7-14(8-10-15)18-17(20(26)21(27)23(18)5)19(25)16-12(3)22-24(6)13(16)4/h7-11,18,25H,1-6H3/b19-17+. The second kappa shape index (κ2) is 7.14. The number of ether oxygens (including phenoxy) is 1. The Balaban J connectivity index is 2.13. The first-order valence-corrected chi connectivity index (χ1v) is 9.15. The van der Waals surface area contributed by atoms with Gasteiger partial charge in [0.15, 0.2) is 0 Å². The fraction of sp³-hybridized carbons (Fsp3) is 0.381. The Morgan fingerprint density at radius 1 is 1.14 bits per heavy atom. The highest BCUT2D eigenvalue weighted by Gasteiger charge is 2.44. The van der Waals surface area contributed by atoms with Crippen LogP contribution in [0, 0.1) is 13.8 Å². The molecule has 7 nitrogen and oxygen atoms in total. The van der Waals surface area contributed by atoms with Crippen LogP contribution < -0.4 is 4.74 Å². The minimum atomic E-state index is -0.699. The van der Waals surface area contributed by atoms with Crippen LogP contribution >= 0.6 is 0 Å². The summed E-state index contributed by atoms with van der Waals surface area (Å²) in [5.74, 6) is -0.840. The molecule has 0 bridgehead atoms. The van der Waals surface area contributed by atoms with Crippen molar-refractivity contribution in [3.05, 3.63) is 52.4 Å². The molecule has 2 heterocycles. The number of aliphatic hydroxyl groups excluding tert-OH is 1. The van der Waals surface area contributed by atoms with E-state index in [1.54, 1.807) is 50.0 Å². The monoisotopic (exact) mass is 383 g/mol. The summed E-state index contributed by atoms with van der Waals surface area (Å²) >= 11 is 0. The Kier molecular flexibility index (Phi) is 5.02. The summed E-state index contributed by atoms with van der Waals surface area (Å²) in [6.07, 6.45) is 0.0409. The van der Waals surface area contributed by atoms with Gasteiger partial charge in [-0.15, -0.1) is 0 Å². The van der Waals surface area contributed by atoms with Gasteiger partial charge in [0.1, 0.15) is 11.5 Å². The van der Waals surface area contributed by atoms with Crippen molar-refractivity contribution in [3.8, 4) is 5.75 Å². The van der Waals surface area contributed by atoms with E-state index in [-0.39, 0.29) is 17.4 Å². The summed E-state index contributed by atoms with van der Waals surface area (Å²) in [5, 5.41) is 15.3. The molecule has 1 N–H and O–H groups in total. The van der Waals surface area contributed by atoms with Gasteiger partial charge in [-0.05, 0) is 45.4 Å². The van der Waals surface area contributed by atoms with Crippen LogP contribution in [0.4, 0.5) is 0 Å². The summed E-state index contributed by atoms with van der Waals surface area (Å²) in [4.78, 5) is 26.5. The number of hydrogen-bond donors (Lipinski definition) is 1. The summed E-state index contributed by atoms with van der Waals surface area (Å²) in [6, 6.07) is 6.53. The van der Waals surface area contributed by atoms with Crippen molar-refractivity contribution >= 4 is 17.4 Å². The smallest absolute Gasteiger partial charge is 0.295 e. The molecule has 1 unspecified atom stereocenters. The lowest BCUT2D eigenvalue weighted by Gasteiger charge is -2.21. The molecule has 148 valence electrons. The molecule has 1 atom stereocenters. The summed E-state index contributed by atoms with van der Waals surface area (Å²) in [6.45, 7) is 7.45. The van der Waals surface area contributed by atoms with E-state index in [0.717, 1.165) is 11.3 Å². The Morgan fingerprint density at radius 2 is 1.75 bits per heavy atom. The molecule has 1 fully saturated rings. The quantitative estimate of drug-likeness (QED) is 0.499. The molecule has 2 aromatic rings. The molecule has 0 radical (unpaired) electrons. The Morgan fingerprint density at radius 3 is 2.25 bits per heavy atom. The van der Waals surface area contributed by atoms with Gasteiger partial charge in [0.05, 0.1) is 29.0 Å². The average molecular weight is 383 g/mol. The van der Waals surface area contributed by atoms with Gasteiger partial charge in [0.25, 0.3) is 11.7 Å². The predicted molar refractivity (Wildman–Crippen MR) is 105 cm³/mol. The van der Waals surface area contributed by atoms with Gasteiger partial charge in [-0.25, -0.2) is 0 Å². The molecule has 7 heteroatoms. The zero-order chi connectivity index (χ0) is 20.7. The molecule has 1 saturated heterocycles. The lowest BCUT2D eigenvalue weighted by Crippen LogP contribution is -2.24. The highest BCUT2D eigenvalue weighted by molar-refractivity contribution is 6.46. The Labute approximate surface area is 164 Å². The van der Waals surface area contributed by atoms with Gasteiger partial charge in [0.2, 0.25) is 0 Å². The van der Waals surface area contributed by atoms with Gasteiger partial charge in [-0.2, -0.15) is 5.10 Å². The summed E-state index contributed by atoms with van der Waals surface area (Å²) in [7, 11) is 3.33. The first-order valence-electron chi connectivity index (χ1n) is 9.15. The lowest BCUT2D eigenvalue weighted by molar-refractivity contribution is -0.139. The minimum absolute atomic E-state index is 0.0409. The highest BCUT2D eigenvalue weighted by atomic mass is 16.5. The number of Topliss-reactive ketones (excluding diaryl/α,β-unsaturated/α-hetero) is 1. The van der Waals surface area contributed by atoms with Crippen molar-refractivity contribution in [1.29, 1.82) is 0 Å². The largest absolute Gasteiger partial charge is 0.507 e. The minimum Gasteiger partial charge on any atom is -0.507 e. The van der Waals surface area contributed by atoms with Crippen LogP contribution in [0.5, 0.6) is 5.75 Å². The number of likely N-dealkylation sites (N-methyl/N-ethyl adjacent to an activating group) is 1. The van der Waals surface area contributed by atoms with E-state index >= 15 is 0 Å². The van der Waals surface area contributed by atoms with Crippen LogP contribution in [-0.4, -0.2) is 44.6 Å². The van der Waals surface area contributed by atoms with Crippen molar-refractivity contribution in [3.63, 3.8) is 0 Å². The van der Waals surface area contributed by atoms with Crippen LogP contribution in [0.1, 0.15) is 42.4 Å². The number of likely N-dealkylation sites (tertiary alicyclic amines) is 1. The fourth-order valence-electron chi connectivity index (χ4n) is 3.59. The SMILES string of the molecule is Cc1nn(C)c(C)c1/C(O)=C1\C(=O)C(=O)N(C)C1c1ccc(OC(C)C)cc1. The first kappa shape index (κ1) is 19.7. The topological polar surface area (TPSA) is 84.7 Å². The number of ketones is 1. The number of amides is 1. The third-order valence-electron chi connectivity index (χ3n) is 4.99. The fourth-order valence-corrected chi connectivity index (χ4v) is 3.59. The first-order chi connectivity index (χ1) is 13.1. The maximum Gasteiger partial charge on any atom is 0.295 e. The van der Waals surface area contributed by atoms with E-state index in [4.69, 9.17) is 4.74 Å². The van der Waals surface area contributed by atoms with Gasteiger partial charge in [-0.1, -0.05) is 12.1 Å². The van der Waals surface area contributed by atoms with Gasteiger partial charge < -0.3 is 14.7 Å². The van der Waals surface area contributed by atoms with Gasteiger partial charge in [0, 0.05) is 19.8 Å². The molecule has 1 aromatic carbocycles. The Bertz CT molecular complexity index is 970. The molecule has 1 amide bonds. The molecule has 3 rings (SSSR count). The third-order valence-corrected chi connectivity index (χ3v) is 4.99. The van der Waals surface area contributed by atoms with Crippen LogP contribution in [0.15, 0.2) is 29.8 Å². The molecule has 28 heavy (non-hydrogen) atoms. The van der Waals surface area contributed by atoms with Gasteiger partial charge in [-0.3, -0.25) is 14.3 Å². The van der Waals surface area contributed by atoms with Gasteiger partial charge >= 0.3 is 0 Å². The maximum atomic E-state index is 12.7. The van der Waals surface area contributed by atoms with E-state index < -0.39 is 17.7 Å². The number of aryl methyl sites for hydroxylation is 2. The maximum absolute atomic E-state index is 12.7. The van der Waals surface area contributed by atoms with E-state index in [2.05, 4.69) is 5.10 Å². The number of hydrogen-bond acceptors (Lipinski definition) is 5. The van der Waals surface area contributed by atoms with Crippen molar-refractivity contribution in [2.24, 2.45) is 7.05 Å². The van der Waals surface area contributed by atoms with Crippen molar-refractivity contribution in [1.82, 2.24) is 14.7 Å². The lowest BCUT2D eigenvalue weighted by atomic mass is 9.95. The molecule has 1 aliphatic rings. The average Bonchev–Trinajstić information content (AvgIpc) is 3.01. The Hall–Kier alpha value is -3.09. The molecule has 0 saturated carbocycles. The number of nitrogens with zero attached hydrogens (tertiary/aromatic N) is 3.